The molecule has 0 saturated carbocycles. The number of nitriles is 1. The minimum absolute atomic E-state index is 0.732. The van der Waals surface area contributed by atoms with Crippen LogP contribution < -0.4 is 0 Å². The van der Waals surface area contributed by atoms with Gasteiger partial charge in [-0.15, -0.1) is 0 Å². The first kappa shape index (κ1) is 12.2. The van der Waals surface area contributed by atoms with E-state index in [1.165, 1.54) is 13.1 Å². The lowest BCUT2D eigenvalue weighted by atomic mass is 9.94. The van der Waals surface area contributed by atoms with E-state index in [-0.39, 0.29) is 0 Å². The van der Waals surface area contributed by atoms with E-state index in [2.05, 4.69) is 16.7 Å². The van der Waals surface area contributed by atoms with Crippen LogP contribution in [-0.4, -0.2) is 26.0 Å². The van der Waals surface area contributed by atoms with E-state index >= 15 is 0 Å². The van der Waals surface area contributed by atoms with Crippen molar-refractivity contribution in [1.29, 1.82) is 5.26 Å². The lowest BCUT2D eigenvalue weighted by molar-refractivity contribution is -0.252. The number of halogens is 3. The summed E-state index contributed by atoms with van der Waals surface area (Å²) in [5, 5.41) is 21.5. The first-order valence-corrected chi connectivity index (χ1v) is 3.98. The zero-order valence-corrected chi connectivity index (χ0v) is 8.15. The molecule has 0 spiro atoms. The molecule has 86 valence electrons. The largest absolute Gasteiger partial charge is 0.429 e. The maximum absolute atomic E-state index is 12.7. The highest BCUT2D eigenvalue weighted by Crippen LogP contribution is 2.42. The fourth-order valence-electron chi connectivity index (χ4n) is 1.14. The van der Waals surface area contributed by atoms with Crippen molar-refractivity contribution in [1.82, 2.24) is 14.8 Å². The van der Waals surface area contributed by atoms with Gasteiger partial charge >= 0.3 is 6.18 Å². The maximum atomic E-state index is 12.7. The number of aryl methyl sites for hydroxylation is 1. The van der Waals surface area contributed by atoms with E-state index in [0.717, 1.165) is 11.0 Å². The summed E-state index contributed by atoms with van der Waals surface area (Å²) in [7, 11) is 1.17. The highest BCUT2D eigenvalue weighted by atomic mass is 19.4. The summed E-state index contributed by atoms with van der Waals surface area (Å²) >= 11 is 0. The van der Waals surface area contributed by atoms with Crippen LogP contribution in [-0.2, 0) is 12.6 Å². The molecule has 0 saturated heterocycles. The van der Waals surface area contributed by atoms with Crippen molar-refractivity contribution in [2.75, 3.05) is 0 Å². The molecular weight excluding hydrogens is 225 g/mol. The molecule has 1 aromatic heterocycles. The van der Waals surface area contributed by atoms with Gasteiger partial charge in [0.2, 0.25) is 0 Å². The molecule has 0 fully saturated rings. The van der Waals surface area contributed by atoms with Crippen molar-refractivity contribution in [3.05, 3.63) is 24.3 Å². The Kier molecular flexibility index (Phi) is 2.75. The Labute approximate surface area is 88.4 Å². The predicted octanol–water partition coefficient (Wildman–Crippen LogP) is 0.645. The molecule has 0 aliphatic rings. The minimum atomic E-state index is -5.10. The average Bonchev–Trinajstić information content (AvgIpc) is 2.60. The third-order valence-corrected chi connectivity index (χ3v) is 2.02. The van der Waals surface area contributed by atoms with E-state index < -0.39 is 23.2 Å². The lowest BCUT2D eigenvalue weighted by Gasteiger charge is -2.27. The van der Waals surface area contributed by atoms with Crippen LogP contribution in [0.3, 0.4) is 0 Å². The lowest BCUT2D eigenvalue weighted by Crippen LogP contribution is -2.45. The molecule has 0 unspecified atom stereocenters. The van der Waals surface area contributed by atoms with E-state index in [4.69, 9.17) is 5.26 Å². The van der Waals surface area contributed by atoms with Gasteiger partial charge in [0.05, 0.1) is 11.6 Å². The van der Waals surface area contributed by atoms with Crippen molar-refractivity contribution in [2.45, 2.75) is 11.8 Å². The molecule has 0 bridgehead atoms. The normalized spacial score (nSPS) is 15.2. The van der Waals surface area contributed by atoms with E-state index in [1.54, 1.807) is 0 Å². The number of alkyl halides is 3. The third kappa shape index (κ3) is 1.55. The van der Waals surface area contributed by atoms with Gasteiger partial charge in [0.1, 0.15) is 6.33 Å². The zero-order chi connectivity index (χ0) is 12.6. The third-order valence-electron chi connectivity index (χ3n) is 2.02. The molecule has 0 aromatic carbocycles. The maximum Gasteiger partial charge on any atom is 0.429 e. The van der Waals surface area contributed by atoms with Crippen LogP contribution in [0.4, 0.5) is 13.2 Å². The zero-order valence-electron chi connectivity index (χ0n) is 8.15. The first-order chi connectivity index (χ1) is 7.25. The average molecular weight is 232 g/mol. The summed E-state index contributed by atoms with van der Waals surface area (Å²) < 4.78 is 39.0. The molecule has 0 amide bonds. The standard InChI is InChI=1S/C8H7F3N4O/c1-5(3-12)7(16,8(9,10)11)6-13-4-14-15(6)2/h4,16H,1H2,2H3/t7-/m0/s1. The molecule has 0 aliphatic carbocycles. The van der Waals surface area contributed by atoms with Crippen LogP contribution in [0.15, 0.2) is 18.5 Å². The predicted molar refractivity (Wildman–Crippen MR) is 45.7 cm³/mol. The van der Waals surface area contributed by atoms with Crippen molar-refractivity contribution < 1.29 is 18.3 Å². The number of rotatable bonds is 2. The molecular formula is C8H7F3N4O. The minimum Gasteiger partial charge on any atom is -0.369 e. The topological polar surface area (TPSA) is 74.7 Å². The fourth-order valence-corrected chi connectivity index (χ4v) is 1.14. The van der Waals surface area contributed by atoms with Crippen LogP contribution >= 0.6 is 0 Å². The van der Waals surface area contributed by atoms with Crippen LogP contribution in [0.2, 0.25) is 0 Å². The second kappa shape index (κ2) is 3.61. The summed E-state index contributed by atoms with van der Waals surface area (Å²) in [6, 6.07) is 1.18. The highest BCUT2D eigenvalue weighted by Gasteiger charge is 2.60. The summed E-state index contributed by atoms with van der Waals surface area (Å²) in [5.74, 6) is -0.799. The van der Waals surface area contributed by atoms with Gasteiger partial charge in [0.25, 0.3) is 5.60 Å². The van der Waals surface area contributed by atoms with Crippen molar-refractivity contribution >= 4 is 0 Å². The Morgan fingerprint density at radius 3 is 2.50 bits per heavy atom. The quantitative estimate of drug-likeness (QED) is 0.759. The van der Waals surface area contributed by atoms with Crippen LogP contribution in [0, 0.1) is 11.3 Å². The van der Waals surface area contributed by atoms with E-state index in [9.17, 15) is 18.3 Å². The van der Waals surface area contributed by atoms with Gasteiger partial charge in [0.15, 0.2) is 5.82 Å². The van der Waals surface area contributed by atoms with Crippen LogP contribution in [0.25, 0.3) is 0 Å². The summed E-state index contributed by atoms with van der Waals surface area (Å²) in [6.45, 7) is 2.90. The molecule has 1 N–H and O–H groups in total. The van der Waals surface area contributed by atoms with E-state index in [0.29, 0.717) is 0 Å². The first-order valence-electron chi connectivity index (χ1n) is 3.98. The van der Waals surface area contributed by atoms with E-state index in [1.807, 2.05) is 0 Å². The number of hydrogen-bond donors (Lipinski definition) is 1. The highest BCUT2D eigenvalue weighted by molar-refractivity contribution is 5.34. The van der Waals surface area contributed by atoms with Crippen molar-refractivity contribution in [3.63, 3.8) is 0 Å². The number of aliphatic hydroxyl groups is 1. The van der Waals surface area contributed by atoms with Gasteiger partial charge in [-0.2, -0.15) is 23.5 Å². The SMILES string of the molecule is C=C(C#N)[C@](O)(c1ncnn1C)C(F)(F)F. The monoisotopic (exact) mass is 232 g/mol. The van der Waals surface area contributed by atoms with Crippen molar-refractivity contribution in [2.24, 2.45) is 7.05 Å². The molecule has 1 atom stereocenters. The molecule has 0 radical (unpaired) electrons. The summed E-state index contributed by atoms with van der Waals surface area (Å²) in [6.07, 6.45) is -4.25. The summed E-state index contributed by atoms with van der Waals surface area (Å²) in [5.41, 5.74) is -4.57. The Bertz CT molecular complexity index is 459. The van der Waals surface area contributed by atoms with Crippen molar-refractivity contribution in [3.8, 4) is 6.07 Å². The van der Waals surface area contributed by atoms with Gasteiger partial charge < -0.3 is 5.11 Å². The van der Waals surface area contributed by atoms with Gasteiger partial charge in [0, 0.05) is 7.05 Å². The molecule has 5 nitrogen and oxygen atoms in total. The molecule has 16 heavy (non-hydrogen) atoms. The Hall–Kier alpha value is -1.88. The molecule has 8 heteroatoms. The molecule has 0 aliphatic heterocycles. The van der Waals surface area contributed by atoms with Crippen LogP contribution in [0.5, 0.6) is 0 Å². The second-order valence-electron chi connectivity index (χ2n) is 3.01. The fraction of sp³-hybridized carbons (Fsp3) is 0.375. The Morgan fingerprint density at radius 1 is 1.62 bits per heavy atom. The van der Waals surface area contributed by atoms with Gasteiger partial charge in [-0.05, 0) is 0 Å². The summed E-state index contributed by atoms with van der Waals surface area (Å²) in [4.78, 5) is 3.29. The molecule has 1 rings (SSSR count). The Balaban J connectivity index is 3.45. The number of nitrogens with zero attached hydrogens (tertiary/aromatic N) is 4. The van der Waals surface area contributed by atoms with Gasteiger partial charge in [-0.25, -0.2) is 9.67 Å². The smallest absolute Gasteiger partial charge is 0.369 e. The van der Waals surface area contributed by atoms with Crippen LogP contribution in [0.1, 0.15) is 5.82 Å². The van der Waals surface area contributed by atoms with Gasteiger partial charge in [-0.3, -0.25) is 0 Å². The Morgan fingerprint density at radius 2 is 2.19 bits per heavy atom. The molecule has 1 heterocycles. The van der Waals surface area contributed by atoms with Gasteiger partial charge in [-0.1, -0.05) is 6.58 Å². The second-order valence-corrected chi connectivity index (χ2v) is 3.01. The number of aromatic nitrogens is 3. The molecule has 1 aromatic rings. The number of hydrogen-bond acceptors (Lipinski definition) is 4.